The largest absolute Gasteiger partial charge is 0.438 e. The van der Waals surface area contributed by atoms with Crippen molar-refractivity contribution in [3.05, 3.63) is 29.7 Å². The quantitative estimate of drug-likeness (QED) is 0.829. The zero-order chi connectivity index (χ0) is 12.9. The number of para-hydroxylation sites is 1. The van der Waals surface area contributed by atoms with Gasteiger partial charge < -0.3 is 9.15 Å². The van der Waals surface area contributed by atoms with Gasteiger partial charge in [0.1, 0.15) is 11.6 Å². The van der Waals surface area contributed by atoms with E-state index in [0.29, 0.717) is 5.41 Å². The second-order valence-corrected chi connectivity index (χ2v) is 5.84. The lowest BCUT2D eigenvalue weighted by Crippen LogP contribution is -2.05. The molecule has 100 valence electrons. The van der Waals surface area contributed by atoms with Gasteiger partial charge in [-0.3, -0.25) is 0 Å². The van der Waals surface area contributed by atoms with Crippen LogP contribution in [0.5, 0.6) is 0 Å². The van der Waals surface area contributed by atoms with Crippen molar-refractivity contribution in [1.29, 1.82) is 0 Å². The van der Waals surface area contributed by atoms with Gasteiger partial charge in [0, 0.05) is 6.61 Å². The minimum Gasteiger partial charge on any atom is -0.438 e. The Balaban J connectivity index is 1.82. The summed E-state index contributed by atoms with van der Waals surface area (Å²) in [6, 6.07) is 6.34. The fourth-order valence-corrected chi connectivity index (χ4v) is 3.27. The van der Waals surface area contributed by atoms with Crippen LogP contribution in [-0.4, -0.2) is 11.6 Å². The number of ether oxygens (including phenoxy) is 1. The summed E-state index contributed by atoms with van der Waals surface area (Å²) >= 11 is 0. The summed E-state index contributed by atoms with van der Waals surface area (Å²) < 4.78 is 11.6. The third-order valence-electron chi connectivity index (χ3n) is 4.74. The molecule has 19 heavy (non-hydrogen) atoms. The minimum absolute atomic E-state index is 0.0667. The van der Waals surface area contributed by atoms with E-state index >= 15 is 0 Å². The molecule has 2 aliphatic rings. The Kier molecular flexibility index (Phi) is 2.46. The van der Waals surface area contributed by atoms with Crippen LogP contribution in [0.1, 0.15) is 56.6 Å². The van der Waals surface area contributed by atoms with Gasteiger partial charge in [-0.2, -0.15) is 0 Å². The molecule has 3 heteroatoms. The van der Waals surface area contributed by atoms with Gasteiger partial charge in [0.25, 0.3) is 0 Å². The Labute approximate surface area is 113 Å². The van der Waals surface area contributed by atoms with Gasteiger partial charge in [0.15, 0.2) is 5.58 Å². The van der Waals surface area contributed by atoms with E-state index in [1.807, 2.05) is 6.07 Å². The van der Waals surface area contributed by atoms with E-state index in [1.54, 1.807) is 0 Å². The first-order valence-electron chi connectivity index (χ1n) is 7.34. The van der Waals surface area contributed by atoms with Crippen molar-refractivity contribution >= 4 is 11.1 Å². The van der Waals surface area contributed by atoms with Crippen LogP contribution < -0.4 is 0 Å². The molecule has 1 aromatic carbocycles. The lowest BCUT2D eigenvalue weighted by molar-refractivity contribution is 0.0907. The number of hydrogen-bond acceptors (Lipinski definition) is 3. The van der Waals surface area contributed by atoms with E-state index < -0.39 is 0 Å². The Morgan fingerprint density at radius 1 is 1.37 bits per heavy atom. The Morgan fingerprint density at radius 2 is 2.26 bits per heavy atom. The van der Waals surface area contributed by atoms with Gasteiger partial charge in [0.05, 0.1) is 0 Å². The number of fused-ring (bicyclic) bond motifs is 1. The van der Waals surface area contributed by atoms with Gasteiger partial charge in [-0.1, -0.05) is 19.1 Å². The molecular formula is C16H19NO2. The van der Waals surface area contributed by atoms with E-state index in [9.17, 15) is 0 Å². The summed E-state index contributed by atoms with van der Waals surface area (Å²) in [5.74, 6) is 0.770. The highest BCUT2D eigenvalue weighted by Crippen LogP contribution is 2.52. The summed E-state index contributed by atoms with van der Waals surface area (Å²) in [7, 11) is 0. The molecule has 0 radical (unpaired) electrons. The number of nitrogens with zero attached hydrogens (tertiary/aromatic N) is 1. The molecule has 1 unspecified atom stereocenters. The number of hydrogen-bond donors (Lipinski definition) is 0. The van der Waals surface area contributed by atoms with Gasteiger partial charge in [-0.05, 0) is 49.1 Å². The van der Waals surface area contributed by atoms with Crippen molar-refractivity contribution in [2.75, 3.05) is 6.61 Å². The van der Waals surface area contributed by atoms with Gasteiger partial charge in [-0.25, -0.2) is 4.98 Å². The SMILES string of the molecule is CCC1(c2cccc3oc(C4CCCO4)nc23)CC1. The monoisotopic (exact) mass is 257 g/mol. The van der Waals surface area contributed by atoms with Crippen LogP contribution in [0.2, 0.25) is 0 Å². The van der Waals surface area contributed by atoms with Crippen LogP contribution >= 0.6 is 0 Å². The van der Waals surface area contributed by atoms with E-state index in [0.717, 1.165) is 36.4 Å². The fourth-order valence-electron chi connectivity index (χ4n) is 3.27. The van der Waals surface area contributed by atoms with Crippen molar-refractivity contribution in [2.45, 2.75) is 50.5 Å². The van der Waals surface area contributed by atoms with Gasteiger partial charge in [-0.15, -0.1) is 0 Å². The lowest BCUT2D eigenvalue weighted by Gasteiger charge is -2.12. The minimum atomic E-state index is 0.0667. The first-order valence-corrected chi connectivity index (χ1v) is 7.34. The predicted octanol–water partition coefficient (Wildman–Crippen LogP) is 4.12. The van der Waals surface area contributed by atoms with E-state index in [-0.39, 0.29) is 6.10 Å². The highest BCUT2D eigenvalue weighted by Gasteiger charge is 2.44. The zero-order valence-corrected chi connectivity index (χ0v) is 11.3. The number of benzene rings is 1. The van der Waals surface area contributed by atoms with Crippen LogP contribution in [0.3, 0.4) is 0 Å². The molecule has 0 bridgehead atoms. The lowest BCUT2D eigenvalue weighted by atomic mass is 9.92. The highest BCUT2D eigenvalue weighted by atomic mass is 16.5. The molecule has 1 aliphatic carbocycles. The number of aromatic nitrogens is 1. The molecule has 4 rings (SSSR count). The number of oxazole rings is 1. The van der Waals surface area contributed by atoms with Crippen LogP contribution in [0.4, 0.5) is 0 Å². The molecule has 1 saturated heterocycles. The molecule has 1 saturated carbocycles. The maximum atomic E-state index is 5.92. The molecule has 1 aliphatic heterocycles. The molecule has 1 atom stereocenters. The Morgan fingerprint density at radius 3 is 2.95 bits per heavy atom. The van der Waals surface area contributed by atoms with Gasteiger partial charge >= 0.3 is 0 Å². The maximum Gasteiger partial charge on any atom is 0.224 e. The highest BCUT2D eigenvalue weighted by molar-refractivity contribution is 5.78. The summed E-state index contributed by atoms with van der Waals surface area (Å²) in [5.41, 5.74) is 3.72. The van der Waals surface area contributed by atoms with Crippen LogP contribution in [0.25, 0.3) is 11.1 Å². The van der Waals surface area contributed by atoms with Crippen LogP contribution in [0, 0.1) is 0 Å². The molecule has 2 fully saturated rings. The summed E-state index contributed by atoms with van der Waals surface area (Å²) in [6.07, 6.45) is 5.96. The van der Waals surface area contributed by atoms with E-state index in [1.165, 1.54) is 24.8 Å². The summed E-state index contributed by atoms with van der Waals surface area (Å²) in [6.45, 7) is 3.10. The zero-order valence-electron chi connectivity index (χ0n) is 11.3. The van der Waals surface area contributed by atoms with E-state index in [4.69, 9.17) is 14.1 Å². The molecule has 1 aromatic heterocycles. The molecule has 0 amide bonds. The second kappa shape index (κ2) is 4.07. The smallest absolute Gasteiger partial charge is 0.224 e. The normalized spacial score (nSPS) is 25.0. The molecule has 2 aromatic rings. The van der Waals surface area contributed by atoms with Crippen molar-refractivity contribution in [1.82, 2.24) is 4.98 Å². The average Bonchev–Trinajstić information content (AvgIpc) is 2.89. The predicted molar refractivity (Wildman–Crippen MR) is 73.1 cm³/mol. The van der Waals surface area contributed by atoms with Crippen molar-refractivity contribution in [3.63, 3.8) is 0 Å². The first kappa shape index (κ1) is 11.5. The van der Waals surface area contributed by atoms with Crippen molar-refractivity contribution < 1.29 is 9.15 Å². The molecule has 0 N–H and O–H groups in total. The first-order chi connectivity index (χ1) is 9.32. The molecule has 0 spiro atoms. The Bertz CT molecular complexity index is 606. The topological polar surface area (TPSA) is 35.3 Å². The average molecular weight is 257 g/mol. The van der Waals surface area contributed by atoms with Gasteiger partial charge in [0.2, 0.25) is 5.89 Å². The van der Waals surface area contributed by atoms with Crippen molar-refractivity contribution in [3.8, 4) is 0 Å². The maximum absolute atomic E-state index is 5.92. The molecule has 3 nitrogen and oxygen atoms in total. The fraction of sp³-hybridized carbons (Fsp3) is 0.562. The Hall–Kier alpha value is -1.35. The van der Waals surface area contributed by atoms with E-state index in [2.05, 4.69) is 19.1 Å². The second-order valence-electron chi connectivity index (χ2n) is 5.84. The van der Waals surface area contributed by atoms with Crippen LogP contribution in [0.15, 0.2) is 22.6 Å². The summed E-state index contributed by atoms with van der Waals surface area (Å²) in [4.78, 5) is 4.76. The standard InChI is InChI=1S/C16H19NO2/c1-2-16(8-9-16)11-5-3-6-12-14(11)17-15(19-12)13-7-4-10-18-13/h3,5-6,13H,2,4,7-10H2,1H3. The summed E-state index contributed by atoms with van der Waals surface area (Å²) in [5, 5.41) is 0. The number of rotatable bonds is 3. The van der Waals surface area contributed by atoms with Crippen LogP contribution in [-0.2, 0) is 10.2 Å². The van der Waals surface area contributed by atoms with Crippen molar-refractivity contribution in [2.24, 2.45) is 0 Å². The molecule has 2 heterocycles. The molecular weight excluding hydrogens is 238 g/mol. The third-order valence-corrected chi connectivity index (χ3v) is 4.74. The third kappa shape index (κ3) is 1.71.